The molecule has 0 spiro atoms. The number of oxime groups is 1. The second-order valence-electron chi connectivity index (χ2n) is 6.66. The molecular weight excluding hydrogens is 242 g/mol. The molecule has 3 fully saturated rings. The molecule has 3 aliphatic rings. The number of nitrogens with one attached hydrogen (secondary N) is 1. The van der Waals surface area contributed by atoms with Crippen molar-refractivity contribution >= 4 is 11.7 Å². The largest absolute Gasteiger partial charge is 0.409 e. The van der Waals surface area contributed by atoms with Crippen molar-refractivity contribution in [2.24, 2.45) is 40.0 Å². The Labute approximate surface area is 113 Å². The first-order valence-electron chi connectivity index (χ1n) is 7.32. The third-order valence-electron chi connectivity index (χ3n) is 5.91. The predicted molar refractivity (Wildman–Crippen MR) is 71.5 cm³/mol. The van der Waals surface area contributed by atoms with Gasteiger partial charge in [0.2, 0.25) is 5.91 Å². The summed E-state index contributed by atoms with van der Waals surface area (Å²) in [6, 6.07) is 0.344. The summed E-state index contributed by atoms with van der Waals surface area (Å²) in [6.07, 6.45) is 4.57. The maximum absolute atomic E-state index is 12.4. The molecule has 19 heavy (non-hydrogen) atoms. The van der Waals surface area contributed by atoms with Gasteiger partial charge in [-0.3, -0.25) is 4.79 Å². The van der Waals surface area contributed by atoms with Gasteiger partial charge in [-0.2, -0.15) is 0 Å². The molecule has 3 rings (SSSR count). The van der Waals surface area contributed by atoms with E-state index >= 15 is 0 Å². The molecule has 0 heterocycles. The number of hydrogen-bond donors (Lipinski definition) is 3. The van der Waals surface area contributed by atoms with E-state index in [2.05, 4.69) is 10.5 Å². The second-order valence-corrected chi connectivity index (χ2v) is 6.66. The van der Waals surface area contributed by atoms with Gasteiger partial charge in [0.15, 0.2) is 5.84 Å². The molecule has 0 saturated heterocycles. The van der Waals surface area contributed by atoms with E-state index in [-0.39, 0.29) is 11.7 Å². The van der Waals surface area contributed by atoms with Gasteiger partial charge in [0.1, 0.15) is 5.41 Å². The van der Waals surface area contributed by atoms with Gasteiger partial charge in [0.25, 0.3) is 0 Å². The van der Waals surface area contributed by atoms with Crippen LogP contribution in [0.3, 0.4) is 0 Å². The molecule has 0 radical (unpaired) electrons. The van der Waals surface area contributed by atoms with Crippen LogP contribution in [0.2, 0.25) is 0 Å². The number of nitrogens with two attached hydrogens (primary N) is 1. The Morgan fingerprint density at radius 2 is 2.00 bits per heavy atom. The zero-order valence-corrected chi connectivity index (χ0v) is 11.6. The van der Waals surface area contributed by atoms with Crippen molar-refractivity contribution in [3.63, 3.8) is 0 Å². The highest BCUT2D eigenvalue weighted by Gasteiger charge is 2.65. The molecule has 0 aliphatic heterocycles. The highest BCUT2D eigenvalue weighted by Crippen LogP contribution is 2.65. The predicted octanol–water partition coefficient (Wildman–Crippen LogP) is 1.31. The van der Waals surface area contributed by atoms with Crippen molar-refractivity contribution in [3.05, 3.63) is 0 Å². The van der Waals surface area contributed by atoms with Gasteiger partial charge in [-0.05, 0) is 56.3 Å². The minimum Gasteiger partial charge on any atom is -0.409 e. The standard InChI is InChI=1S/C14H23N3O2/c1-3-14(2,12(15)17-19)13(18)16-11-9-7-4-5-8(6-7)10(9)11/h7-11,19H,3-6H2,1-2H3,(H2,15,17)(H,16,18). The Morgan fingerprint density at radius 1 is 1.42 bits per heavy atom. The number of fused-ring (bicyclic) bond motifs is 5. The Kier molecular flexibility index (Phi) is 2.76. The van der Waals surface area contributed by atoms with E-state index in [1.165, 1.54) is 19.3 Å². The van der Waals surface area contributed by atoms with Crippen LogP contribution in [0.15, 0.2) is 5.16 Å². The van der Waals surface area contributed by atoms with Crippen LogP contribution >= 0.6 is 0 Å². The fourth-order valence-electron chi connectivity index (χ4n) is 4.40. The molecule has 5 atom stereocenters. The minimum absolute atomic E-state index is 0.00119. The summed E-state index contributed by atoms with van der Waals surface area (Å²) in [5.74, 6) is 2.98. The lowest BCUT2D eigenvalue weighted by Crippen LogP contribution is -2.49. The van der Waals surface area contributed by atoms with Crippen molar-refractivity contribution in [1.82, 2.24) is 5.32 Å². The van der Waals surface area contributed by atoms with Gasteiger partial charge in [0, 0.05) is 6.04 Å². The van der Waals surface area contributed by atoms with Crippen molar-refractivity contribution in [3.8, 4) is 0 Å². The first-order valence-corrected chi connectivity index (χ1v) is 7.32. The zero-order chi connectivity index (χ0) is 13.8. The monoisotopic (exact) mass is 265 g/mol. The summed E-state index contributed by atoms with van der Waals surface area (Å²) in [6.45, 7) is 3.62. The number of carbonyl (C=O) groups is 1. The first kappa shape index (κ1) is 12.8. The summed E-state index contributed by atoms with van der Waals surface area (Å²) in [5, 5.41) is 15.0. The van der Waals surface area contributed by atoms with E-state index in [4.69, 9.17) is 10.9 Å². The topological polar surface area (TPSA) is 87.7 Å². The fraction of sp³-hybridized carbons (Fsp3) is 0.857. The number of amides is 1. The molecule has 1 amide bonds. The normalized spacial score (nSPS) is 42.6. The van der Waals surface area contributed by atoms with Gasteiger partial charge < -0.3 is 16.3 Å². The Hall–Kier alpha value is -1.26. The third-order valence-corrected chi connectivity index (χ3v) is 5.91. The average molecular weight is 265 g/mol. The van der Waals surface area contributed by atoms with E-state index in [1.54, 1.807) is 6.92 Å². The number of amidine groups is 1. The number of rotatable bonds is 4. The highest BCUT2D eigenvalue weighted by atomic mass is 16.4. The lowest BCUT2D eigenvalue weighted by Gasteiger charge is -2.26. The van der Waals surface area contributed by atoms with Crippen LogP contribution in [0.5, 0.6) is 0 Å². The second kappa shape index (κ2) is 4.12. The molecule has 2 bridgehead atoms. The van der Waals surface area contributed by atoms with Crippen LogP contribution < -0.4 is 11.1 Å². The molecule has 0 aromatic rings. The molecule has 0 aromatic carbocycles. The lowest BCUT2D eigenvalue weighted by molar-refractivity contribution is -0.127. The van der Waals surface area contributed by atoms with Crippen molar-refractivity contribution in [2.75, 3.05) is 0 Å². The highest BCUT2D eigenvalue weighted by molar-refractivity contribution is 6.06. The van der Waals surface area contributed by atoms with E-state index in [9.17, 15) is 4.79 Å². The van der Waals surface area contributed by atoms with Crippen LogP contribution in [0.25, 0.3) is 0 Å². The molecule has 4 N–H and O–H groups in total. The van der Waals surface area contributed by atoms with Crippen LogP contribution in [0, 0.1) is 29.1 Å². The zero-order valence-electron chi connectivity index (χ0n) is 11.6. The van der Waals surface area contributed by atoms with E-state index in [0.29, 0.717) is 24.3 Å². The average Bonchev–Trinajstić information content (AvgIpc) is 2.83. The van der Waals surface area contributed by atoms with Gasteiger partial charge in [-0.25, -0.2) is 0 Å². The Balaban J connectivity index is 1.66. The first-order chi connectivity index (χ1) is 9.02. The van der Waals surface area contributed by atoms with Gasteiger partial charge in [-0.1, -0.05) is 12.1 Å². The summed E-state index contributed by atoms with van der Waals surface area (Å²) in [5.41, 5.74) is 4.78. The van der Waals surface area contributed by atoms with Gasteiger partial charge in [-0.15, -0.1) is 0 Å². The van der Waals surface area contributed by atoms with E-state index in [1.807, 2.05) is 6.92 Å². The summed E-state index contributed by atoms with van der Waals surface area (Å²) in [4.78, 5) is 12.4. The number of nitrogens with zero attached hydrogens (tertiary/aromatic N) is 1. The van der Waals surface area contributed by atoms with Gasteiger partial charge in [0.05, 0.1) is 0 Å². The summed E-state index contributed by atoms with van der Waals surface area (Å²) in [7, 11) is 0. The molecule has 5 heteroatoms. The SMILES string of the molecule is CCC(C)(C(=O)NC1C2C3CCC(C3)C12)C(N)=NO. The molecule has 3 aliphatic carbocycles. The Morgan fingerprint density at radius 3 is 2.47 bits per heavy atom. The smallest absolute Gasteiger partial charge is 0.233 e. The third kappa shape index (κ3) is 1.66. The van der Waals surface area contributed by atoms with Gasteiger partial charge >= 0.3 is 0 Å². The molecule has 106 valence electrons. The molecule has 0 aromatic heterocycles. The van der Waals surface area contributed by atoms with E-state index in [0.717, 1.165) is 11.8 Å². The van der Waals surface area contributed by atoms with Crippen LogP contribution in [0.1, 0.15) is 39.5 Å². The van der Waals surface area contributed by atoms with Crippen molar-refractivity contribution in [2.45, 2.75) is 45.6 Å². The minimum atomic E-state index is -0.898. The Bertz CT molecular complexity index is 420. The van der Waals surface area contributed by atoms with Crippen LogP contribution in [-0.2, 0) is 4.79 Å². The summed E-state index contributed by atoms with van der Waals surface area (Å²) < 4.78 is 0. The number of carbonyl (C=O) groups excluding carboxylic acids is 1. The maximum atomic E-state index is 12.4. The number of hydrogen-bond acceptors (Lipinski definition) is 3. The molecule has 3 saturated carbocycles. The van der Waals surface area contributed by atoms with Crippen LogP contribution in [0.4, 0.5) is 0 Å². The fourth-order valence-corrected chi connectivity index (χ4v) is 4.40. The molecule has 5 nitrogen and oxygen atoms in total. The van der Waals surface area contributed by atoms with Crippen LogP contribution in [-0.4, -0.2) is 23.0 Å². The summed E-state index contributed by atoms with van der Waals surface area (Å²) >= 11 is 0. The quantitative estimate of drug-likeness (QED) is 0.310. The van der Waals surface area contributed by atoms with E-state index < -0.39 is 5.41 Å². The molecular formula is C14H23N3O2. The maximum Gasteiger partial charge on any atom is 0.233 e. The van der Waals surface area contributed by atoms with Crippen molar-refractivity contribution < 1.29 is 10.0 Å². The lowest BCUT2D eigenvalue weighted by atomic mass is 9.85. The van der Waals surface area contributed by atoms with Crippen molar-refractivity contribution in [1.29, 1.82) is 0 Å². The molecule has 5 unspecified atom stereocenters.